The Hall–Kier alpha value is -0.781. The Bertz CT molecular complexity index is 554. The fourth-order valence-corrected chi connectivity index (χ4v) is 4.13. The van der Waals surface area contributed by atoms with Gasteiger partial charge in [0.15, 0.2) is 0 Å². The van der Waals surface area contributed by atoms with Gasteiger partial charge in [0.25, 0.3) is 0 Å². The van der Waals surface area contributed by atoms with E-state index in [-0.39, 0.29) is 17.1 Å². The van der Waals surface area contributed by atoms with Crippen LogP contribution in [0.25, 0.3) is 0 Å². The third kappa shape index (κ3) is 14.8. The van der Waals surface area contributed by atoms with Gasteiger partial charge in [-0.25, -0.2) is 12.1 Å². The van der Waals surface area contributed by atoms with Gasteiger partial charge in [-0.2, -0.15) is 46.5 Å². The van der Waals surface area contributed by atoms with Gasteiger partial charge in [-0.1, -0.05) is 130 Å². The van der Waals surface area contributed by atoms with E-state index in [0.29, 0.717) is 0 Å². The summed E-state index contributed by atoms with van der Waals surface area (Å²) >= 11 is 0. The van der Waals surface area contributed by atoms with Gasteiger partial charge in [0.1, 0.15) is 0 Å². The Balaban J connectivity index is 0.000000562. The summed E-state index contributed by atoms with van der Waals surface area (Å²) in [5.74, 6) is 0. The molecule has 178 valence electrons. The maximum atomic E-state index is 2.41. The second kappa shape index (κ2) is 21.1. The van der Waals surface area contributed by atoms with Crippen LogP contribution < -0.4 is 0 Å². The first-order valence-corrected chi connectivity index (χ1v) is 13.2. The summed E-state index contributed by atoms with van der Waals surface area (Å²) in [4.78, 5) is 0. The first-order chi connectivity index (χ1) is 14.7. The van der Waals surface area contributed by atoms with Crippen LogP contribution in [0.5, 0.6) is 0 Å². The molecule has 0 saturated heterocycles. The van der Waals surface area contributed by atoms with E-state index in [2.05, 4.69) is 64.1 Å². The van der Waals surface area contributed by atoms with Crippen molar-refractivity contribution in [2.24, 2.45) is 0 Å². The minimum Gasteiger partial charge on any atom is -0.210 e. The summed E-state index contributed by atoms with van der Waals surface area (Å²) < 4.78 is 0. The zero-order chi connectivity index (χ0) is 21.9. The quantitative estimate of drug-likeness (QED) is 0.131. The normalized spacial score (nSPS) is 10.5. The van der Waals surface area contributed by atoms with Crippen LogP contribution >= 0.6 is 0 Å². The van der Waals surface area contributed by atoms with E-state index >= 15 is 0 Å². The monoisotopic (exact) mass is 466 g/mol. The molecule has 2 rings (SSSR count). The zero-order valence-electron chi connectivity index (χ0n) is 21.1. The maximum Gasteiger partial charge on any atom is 2.00 e. The molecule has 1 heteroatoms. The van der Waals surface area contributed by atoms with Crippen molar-refractivity contribution in [3.63, 3.8) is 0 Å². The average Bonchev–Trinajstić information content (AvgIpc) is 3.39. The summed E-state index contributed by atoms with van der Waals surface area (Å²) in [7, 11) is 0. The Morgan fingerprint density at radius 3 is 1.90 bits per heavy atom. The third-order valence-electron chi connectivity index (χ3n) is 6.13. The van der Waals surface area contributed by atoms with Crippen molar-refractivity contribution in [1.29, 1.82) is 0 Å². The van der Waals surface area contributed by atoms with Crippen LogP contribution in [-0.2, 0) is 42.8 Å². The number of rotatable bonds is 16. The van der Waals surface area contributed by atoms with Crippen molar-refractivity contribution in [3.8, 4) is 0 Å². The summed E-state index contributed by atoms with van der Waals surface area (Å²) in [5, 5.41) is 0. The van der Waals surface area contributed by atoms with E-state index in [4.69, 9.17) is 0 Å². The molecule has 0 aliphatic rings. The molecular formula is C30H50Fe. The fraction of sp³-hybridized carbons (Fsp3) is 0.667. The van der Waals surface area contributed by atoms with Crippen LogP contribution in [-0.4, -0.2) is 0 Å². The summed E-state index contributed by atoms with van der Waals surface area (Å²) in [6.07, 6.45) is 21.4. The first kappa shape index (κ1) is 30.2. The van der Waals surface area contributed by atoms with Crippen LogP contribution in [0.4, 0.5) is 0 Å². The SMILES string of the molecule is CCCCCc1cc[c-](CCCCC)c1.CCCCCc1cc[cH-]c1CCCCC.[Fe+2]. The molecule has 0 unspecified atom stereocenters. The standard InChI is InChI=1S/2C15H25.Fe/c1-3-5-7-10-14-12-9-13-15(14)11-8-6-4-2;1-3-5-7-9-14-11-12-15(13-14)10-8-6-4-2;/h9,12-13H,3-8,10-11H2,1-2H3;11-13H,3-10H2,1-2H3;/q2*-1;+2. The van der Waals surface area contributed by atoms with Gasteiger partial charge in [0.2, 0.25) is 0 Å². The van der Waals surface area contributed by atoms with Gasteiger partial charge in [-0.3, -0.25) is 0 Å². The predicted octanol–water partition coefficient (Wildman–Crippen LogP) is 9.74. The summed E-state index contributed by atoms with van der Waals surface area (Å²) in [5.41, 5.74) is 6.32. The molecule has 0 aliphatic heterocycles. The molecule has 31 heavy (non-hydrogen) atoms. The predicted molar refractivity (Wildman–Crippen MR) is 137 cm³/mol. The minimum atomic E-state index is 0. The largest absolute Gasteiger partial charge is 2.00 e. The molecule has 0 fully saturated rings. The van der Waals surface area contributed by atoms with E-state index < -0.39 is 0 Å². The van der Waals surface area contributed by atoms with E-state index in [9.17, 15) is 0 Å². The molecule has 0 nitrogen and oxygen atoms in total. The Kier molecular flexibility index (Phi) is 20.6. The number of hydrogen-bond donors (Lipinski definition) is 0. The number of aryl methyl sites for hydroxylation is 4. The van der Waals surface area contributed by atoms with Crippen LogP contribution in [0.1, 0.15) is 127 Å². The molecule has 0 heterocycles. The molecule has 0 aromatic heterocycles. The van der Waals surface area contributed by atoms with Crippen molar-refractivity contribution < 1.29 is 17.1 Å². The topological polar surface area (TPSA) is 0 Å². The molecule has 0 bridgehead atoms. The van der Waals surface area contributed by atoms with Gasteiger partial charge in [0, 0.05) is 0 Å². The molecule has 0 atom stereocenters. The fourth-order valence-electron chi connectivity index (χ4n) is 4.13. The van der Waals surface area contributed by atoms with E-state index in [1.165, 1.54) is 103 Å². The van der Waals surface area contributed by atoms with Gasteiger partial charge >= 0.3 is 17.1 Å². The van der Waals surface area contributed by atoms with Gasteiger partial charge in [0.05, 0.1) is 0 Å². The van der Waals surface area contributed by atoms with Crippen molar-refractivity contribution >= 4 is 0 Å². The van der Waals surface area contributed by atoms with Crippen molar-refractivity contribution in [2.45, 2.75) is 130 Å². The second-order valence-corrected chi connectivity index (χ2v) is 9.03. The van der Waals surface area contributed by atoms with E-state index in [0.717, 1.165) is 0 Å². The van der Waals surface area contributed by atoms with Crippen LogP contribution in [0, 0.1) is 0 Å². The molecule has 2 aromatic rings. The Labute approximate surface area is 205 Å². The number of unbranched alkanes of at least 4 members (excludes halogenated alkanes) is 8. The third-order valence-corrected chi connectivity index (χ3v) is 6.13. The summed E-state index contributed by atoms with van der Waals surface area (Å²) in [6, 6.07) is 13.9. The molecule has 0 amide bonds. The van der Waals surface area contributed by atoms with Gasteiger partial charge < -0.3 is 0 Å². The smallest absolute Gasteiger partial charge is 0.210 e. The van der Waals surface area contributed by atoms with Crippen LogP contribution in [0.3, 0.4) is 0 Å². The molecule has 2 aromatic carbocycles. The molecule has 0 aliphatic carbocycles. The van der Waals surface area contributed by atoms with Crippen molar-refractivity contribution in [3.05, 3.63) is 58.7 Å². The van der Waals surface area contributed by atoms with Crippen LogP contribution in [0.2, 0.25) is 0 Å². The molecule has 0 radical (unpaired) electrons. The maximum absolute atomic E-state index is 2.41. The Morgan fingerprint density at radius 2 is 1.26 bits per heavy atom. The van der Waals surface area contributed by atoms with Crippen molar-refractivity contribution in [2.75, 3.05) is 0 Å². The molecule has 0 saturated carbocycles. The molecule has 0 N–H and O–H groups in total. The first-order valence-electron chi connectivity index (χ1n) is 13.2. The second-order valence-electron chi connectivity index (χ2n) is 9.03. The van der Waals surface area contributed by atoms with Crippen LogP contribution in [0.15, 0.2) is 36.4 Å². The minimum absolute atomic E-state index is 0. The van der Waals surface area contributed by atoms with Gasteiger partial charge in [-0.05, 0) is 0 Å². The van der Waals surface area contributed by atoms with Crippen molar-refractivity contribution in [1.82, 2.24) is 0 Å². The van der Waals surface area contributed by atoms with E-state index in [1.54, 1.807) is 22.3 Å². The summed E-state index contributed by atoms with van der Waals surface area (Å²) in [6.45, 7) is 9.07. The zero-order valence-corrected chi connectivity index (χ0v) is 22.2. The van der Waals surface area contributed by atoms with Gasteiger partial charge in [-0.15, -0.1) is 0 Å². The Morgan fingerprint density at radius 1 is 0.677 bits per heavy atom. The molecular weight excluding hydrogens is 416 g/mol. The van der Waals surface area contributed by atoms with E-state index in [1.807, 2.05) is 0 Å². The average molecular weight is 467 g/mol. The number of hydrogen-bond acceptors (Lipinski definition) is 0. The molecule has 0 spiro atoms.